The van der Waals surface area contributed by atoms with Gasteiger partial charge in [0.05, 0.1) is 0 Å². The fraction of sp³-hybridized carbons (Fsp3) is 0.950. The molecule has 0 spiro atoms. The van der Waals surface area contributed by atoms with Crippen molar-refractivity contribution in [3.8, 4) is 0 Å². The molecule has 0 aliphatic heterocycles. The number of ether oxygens (including phenoxy) is 2. The molecule has 44 heavy (non-hydrogen) atoms. The lowest BCUT2D eigenvalue weighted by atomic mass is 10.0. The molecule has 0 radical (unpaired) electrons. The summed E-state index contributed by atoms with van der Waals surface area (Å²) in [7, 11) is 0. The van der Waals surface area contributed by atoms with Crippen LogP contribution in [0.4, 0.5) is 0 Å². The van der Waals surface area contributed by atoms with Crippen molar-refractivity contribution in [1.82, 2.24) is 0 Å². The summed E-state index contributed by atoms with van der Waals surface area (Å²) in [6.07, 6.45) is 39.4. The summed E-state index contributed by atoms with van der Waals surface area (Å²) in [5, 5.41) is 0. The highest BCUT2D eigenvalue weighted by Gasteiger charge is 2.17. The van der Waals surface area contributed by atoms with E-state index in [1.807, 2.05) is 0 Å². The number of unbranched alkanes of at least 4 members (excludes halogenated alkanes) is 27. The molecule has 0 amide bonds. The zero-order valence-corrected chi connectivity index (χ0v) is 30.3. The first-order valence-corrected chi connectivity index (χ1v) is 20.0. The maximum atomic E-state index is 12.6. The van der Waals surface area contributed by atoms with Gasteiger partial charge in [0, 0.05) is 12.8 Å². The van der Waals surface area contributed by atoms with Crippen LogP contribution in [0.25, 0.3) is 0 Å². The van der Waals surface area contributed by atoms with Crippen molar-refractivity contribution in [2.24, 2.45) is 0 Å². The molecule has 0 saturated heterocycles. The van der Waals surface area contributed by atoms with Gasteiger partial charge in [-0.2, -0.15) is 0 Å². The minimum absolute atomic E-state index is 0.119. The van der Waals surface area contributed by atoms with Crippen molar-refractivity contribution < 1.29 is 19.1 Å². The molecule has 4 nitrogen and oxygen atoms in total. The van der Waals surface area contributed by atoms with Crippen LogP contribution < -0.4 is 0 Å². The molecule has 0 aromatic carbocycles. The summed E-state index contributed by atoms with van der Waals surface area (Å²) in [5.74, 6) is -0.255. The van der Waals surface area contributed by atoms with Gasteiger partial charge in [-0.15, -0.1) is 0 Å². The Bertz CT molecular complexity index is 590. The number of rotatable bonds is 36. The van der Waals surface area contributed by atoms with Crippen molar-refractivity contribution in [1.29, 1.82) is 0 Å². The van der Waals surface area contributed by atoms with E-state index in [9.17, 15) is 9.59 Å². The molecule has 0 aliphatic carbocycles. The summed E-state index contributed by atoms with van der Waals surface area (Å²) >= 11 is 0. The minimum atomic E-state index is -0.295. The van der Waals surface area contributed by atoms with Gasteiger partial charge >= 0.3 is 11.9 Å². The Morgan fingerprint density at radius 2 is 0.682 bits per heavy atom. The second-order valence-electron chi connectivity index (χ2n) is 13.6. The maximum absolute atomic E-state index is 12.6. The highest BCUT2D eigenvalue weighted by Crippen LogP contribution is 2.16. The first kappa shape index (κ1) is 42.9. The lowest BCUT2D eigenvalue weighted by molar-refractivity contribution is -0.159. The van der Waals surface area contributed by atoms with Crippen LogP contribution in [0.15, 0.2) is 0 Å². The highest BCUT2D eigenvalue weighted by atomic mass is 16.6. The van der Waals surface area contributed by atoms with E-state index in [4.69, 9.17) is 9.47 Å². The van der Waals surface area contributed by atoms with Crippen molar-refractivity contribution >= 4 is 11.9 Å². The van der Waals surface area contributed by atoms with Crippen LogP contribution in [0.1, 0.15) is 233 Å². The molecule has 1 atom stereocenters. The summed E-state index contributed by atoms with van der Waals surface area (Å²) in [6.45, 7) is 7.00. The van der Waals surface area contributed by atoms with Crippen molar-refractivity contribution in [3.05, 3.63) is 0 Å². The van der Waals surface area contributed by atoms with Gasteiger partial charge in [-0.05, 0) is 25.7 Å². The number of hydrogen-bond donors (Lipinski definition) is 0. The first-order chi connectivity index (χ1) is 21.6. The van der Waals surface area contributed by atoms with Crippen LogP contribution in [-0.4, -0.2) is 24.6 Å². The average molecular weight is 623 g/mol. The molecular formula is C40H78O4. The number of carbonyl (C=O) groups excluding carboxylic acids is 2. The zero-order valence-electron chi connectivity index (χ0n) is 30.3. The van der Waals surface area contributed by atoms with Gasteiger partial charge in [0.2, 0.25) is 0 Å². The van der Waals surface area contributed by atoms with Gasteiger partial charge in [-0.3, -0.25) is 9.59 Å². The smallest absolute Gasteiger partial charge is 0.306 e. The van der Waals surface area contributed by atoms with Crippen LogP contribution >= 0.6 is 0 Å². The molecular weight excluding hydrogens is 544 g/mol. The van der Waals surface area contributed by atoms with Gasteiger partial charge in [-0.1, -0.05) is 194 Å². The molecule has 0 N–H and O–H groups in total. The SMILES string of the molecule is CCCCCCCCCCCCCCC(COC(=O)CCCCCCCCCCC)OC(=O)CCCCCCCCCCC. The lowest BCUT2D eigenvalue weighted by Gasteiger charge is -2.18. The Kier molecular flexibility index (Phi) is 35.5. The molecule has 1 unspecified atom stereocenters. The van der Waals surface area contributed by atoms with E-state index in [0.717, 1.165) is 44.9 Å². The fourth-order valence-electron chi connectivity index (χ4n) is 6.05. The van der Waals surface area contributed by atoms with Crippen molar-refractivity contribution in [2.45, 2.75) is 239 Å². The van der Waals surface area contributed by atoms with Crippen LogP contribution in [-0.2, 0) is 19.1 Å². The third kappa shape index (κ3) is 33.8. The van der Waals surface area contributed by atoms with E-state index in [-0.39, 0.29) is 24.6 Å². The van der Waals surface area contributed by atoms with E-state index in [1.54, 1.807) is 0 Å². The van der Waals surface area contributed by atoms with Crippen LogP contribution in [0.2, 0.25) is 0 Å². The quantitative estimate of drug-likeness (QED) is 0.0515. The van der Waals surface area contributed by atoms with Gasteiger partial charge in [0.15, 0.2) is 0 Å². The molecule has 0 aromatic heterocycles. The van der Waals surface area contributed by atoms with Crippen molar-refractivity contribution in [3.63, 3.8) is 0 Å². The molecule has 0 aromatic rings. The first-order valence-electron chi connectivity index (χ1n) is 20.0. The molecule has 0 rings (SSSR count). The Morgan fingerprint density at radius 3 is 1.05 bits per heavy atom. The normalized spacial score (nSPS) is 12.0. The third-order valence-corrected chi connectivity index (χ3v) is 9.08. The predicted molar refractivity (Wildman–Crippen MR) is 190 cm³/mol. The van der Waals surface area contributed by atoms with Gasteiger partial charge in [-0.25, -0.2) is 0 Å². The molecule has 0 saturated carbocycles. The average Bonchev–Trinajstić information content (AvgIpc) is 3.02. The van der Waals surface area contributed by atoms with Crippen LogP contribution in [0, 0.1) is 0 Å². The lowest BCUT2D eigenvalue weighted by Crippen LogP contribution is -2.25. The molecule has 0 aliphatic rings. The number of hydrogen-bond acceptors (Lipinski definition) is 4. The van der Waals surface area contributed by atoms with E-state index < -0.39 is 0 Å². The monoisotopic (exact) mass is 623 g/mol. The van der Waals surface area contributed by atoms with Gasteiger partial charge < -0.3 is 9.47 Å². The van der Waals surface area contributed by atoms with Gasteiger partial charge in [0.25, 0.3) is 0 Å². The standard InChI is InChI=1S/C40H78O4/c1-4-7-10-13-16-19-20-21-24-25-28-31-34-38(44-40(42)36-33-30-27-23-18-15-12-9-6-3)37-43-39(41)35-32-29-26-22-17-14-11-8-5-2/h38H,4-37H2,1-3H3. The minimum Gasteiger partial charge on any atom is -0.462 e. The molecule has 0 bridgehead atoms. The van der Waals surface area contributed by atoms with E-state index in [2.05, 4.69) is 20.8 Å². The van der Waals surface area contributed by atoms with Crippen LogP contribution in [0.3, 0.4) is 0 Å². The second-order valence-corrected chi connectivity index (χ2v) is 13.6. The van der Waals surface area contributed by atoms with Crippen molar-refractivity contribution in [2.75, 3.05) is 6.61 Å². The Labute approximate surface area is 276 Å². The molecule has 4 heteroatoms. The Balaban J connectivity index is 4.20. The maximum Gasteiger partial charge on any atom is 0.306 e. The summed E-state index contributed by atoms with van der Waals surface area (Å²) in [5.41, 5.74) is 0. The summed E-state index contributed by atoms with van der Waals surface area (Å²) in [4.78, 5) is 25.0. The van der Waals surface area contributed by atoms with E-state index >= 15 is 0 Å². The van der Waals surface area contributed by atoms with E-state index in [1.165, 1.54) is 154 Å². The van der Waals surface area contributed by atoms with E-state index in [0.29, 0.717) is 12.8 Å². The number of carbonyl (C=O) groups is 2. The highest BCUT2D eigenvalue weighted by molar-refractivity contribution is 5.70. The third-order valence-electron chi connectivity index (χ3n) is 9.08. The van der Waals surface area contributed by atoms with Gasteiger partial charge in [0.1, 0.15) is 12.7 Å². The molecule has 0 fully saturated rings. The Morgan fingerprint density at radius 1 is 0.386 bits per heavy atom. The summed E-state index contributed by atoms with van der Waals surface area (Å²) < 4.78 is 11.5. The largest absolute Gasteiger partial charge is 0.462 e. The number of esters is 2. The Hall–Kier alpha value is -1.06. The molecule has 0 heterocycles. The topological polar surface area (TPSA) is 52.6 Å². The fourth-order valence-corrected chi connectivity index (χ4v) is 6.05. The second kappa shape index (κ2) is 36.4. The summed E-state index contributed by atoms with van der Waals surface area (Å²) in [6, 6.07) is 0. The zero-order chi connectivity index (χ0) is 32.2. The predicted octanol–water partition coefficient (Wildman–Crippen LogP) is 13.4. The molecule has 262 valence electrons. The van der Waals surface area contributed by atoms with Crippen LogP contribution in [0.5, 0.6) is 0 Å².